The molecule has 0 aliphatic carbocycles. The quantitative estimate of drug-likeness (QED) is 0.124. The molecule has 43 heavy (non-hydrogen) atoms. The fraction of sp³-hybridized carbons (Fsp3) is 0.219. The van der Waals surface area contributed by atoms with E-state index in [-0.39, 0.29) is 17.3 Å². The van der Waals surface area contributed by atoms with E-state index < -0.39 is 10.0 Å². The first kappa shape index (κ1) is 31.2. The third kappa shape index (κ3) is 6.78. The van der Waals surface area contributed by atoms with Crippen molar-refractivity contribution in [2.24, 2.45) is 0 Å². The molecule has 0 unspecified atom stereocenters. The van der Waals surface area contributed by atoms with Gasteiger partial charge in [0, 0.05) is 35.4 Å². The monoisotopic (exact) mass is 650 g/mol. The van der Waals surface area contributed by atoms with Gasteiger partial charge in [0.25, 0.3) is 5.91 Å². The first-order chi connectivity index (χ1) is 20.7. The van der Waals surface area contributed by atoms with E-state index in [4.69, 9.17) is 28.9 Å². The summed E-state index contributed by atoms with van der Waals surface area (Å²) in [6.07, 6.45) is 5.06. The van der Waals surface area contributed by atoms with Gasteiger partial charge in [-0.3, -0.25) is 9.69 Å². The van der Waals surface area contributed by atoms with Crippen molar-refractivity contribution in [1.29, 1.82) is 0 Å². The number of thioether (sulfide) groups is 1. The number of halogens is 1. The Kier molecular flexibility index (Phi) is 9.83. The van der Waals surface area contributed by atoms with Crippen LogP contribution >= 0.6 is 35.6 Å². The molecule has 1 amide bonds. The molecule has 2 heterocycles. The number of aromatic nitrogens is 2. The highest BCUT2D eigenvalue weighted by Gasteiger charge is 2.33. The van der Waals surface area contributed by atoms with Crippen LogP contribution < -0.4 is 0 Å². The van der Waals surface area contributed by atoms with Gasteiger partial charge in [0.05, 0.1) is 22.0 Å². The van der Waals surface area contributed by atoms with Crippen molar-refractivity contribution >= 4 is 61.9 Å². The number of nitrogens with zero attached hydrogens (tertiary/aromatic N) is 4. The Morgan fingerprint density at radius 1 is 0.977 bits per heavy atom. The van der Waals surface area contributed by atoms with Crippen LogP contribution in [0, 0.1) is 0 Å². The van der Waals surface area contributed by atoms with Crippen molar-refractivity contribution in [2.45, 2.75) is 38.1 Å². The molecule has 1 fully saturated rings. The summed E-state index contributed by atoms with van der Waals surface area (Å²) >= 11 is 13.2. The largest absolute Gasteiger partial charge is 0.288 e. The highest BCUT2D eigenvalue weighted by Crippen LogP contribution is 2.36. The molecule has 4 aromatic rings. The van der Waals surface area contributed by atoms with Crippen molar-refractivity contribution in [3.63, 3.8) is 0 Å². The fourth-order valence-corrected chi connectivity index (χ4v) is 7.92. The molecule has 0 atom stereocenters. The standard InChI is InChI=1S/C32H31ClN4O3S3/c1-3-17-35(18-4-2)43(39,40)27-15-10-12-23(19-27)30-25(22-37(34-30)26-13-6-5-7-14-26)20-29-31(38)36(32(41)42-29)21-24-11-8-9-16-28(24)33/h5-16,19-20,22H,3-4,17-18,21H2,1-2H3. The van der Waals surface area contributed by atoms with Crippen molar-refractivity contribution in [3.8, 4) is 16.9 Å². The van der Waals surface area contributed by atoms with Crippen LogP contribution in [0.3, 0.4) is 0 Å². The molecule has 0 saturated carbocycles. The summed E-state index contributed by atoms with van der Waals surface area (Å²) in [5.74, 6) is -0.223. The lowest BCUT2D eigenvalue weighted by molar-refractivity contribution is -0.122. The molecular weight excluding hydrogens is 620 g/mol. The van der Waals surface area contributed by atoms with E-state index in [1.807, 2.05) is 74.6 Å². The normalized spacial score (nSPS) is 14.8. The molecule has 0 bridgehead atoms. The van der Waals surface area contributed by atoms with Crippen molar-refractivity contribution < 1.29 is 13.2 Å². The highest BCUT2D eigenvalue weighted by atomic mass is 35.5. The molecule has 3 aromatic carbocycles. The van der Waals surface area contributed by atoms with Gasteiger partial charge < -0.3 is 0 Å². The SMILES string of the molecule is CCCN(CCC)S(=O)(=O)c1cccc(-c2nn(-c3ccccc3)cc2C=C2SC(=S)N(Cc3ccccc3Cl)C2=O)c1. The Bertz CT molecular complexity index is 1780. The average molecular weight is 651 g/mol. The number of para-hydroxylation sites is 1. The summed E-state index contributed by atoms with van der Waals surface area (Å²) in [5.41, 5.74) is 3.47. The molecule has 1 saturated heterocycles. The Labute approximate surface area is 267 Å². The van der Waals surface area contributed by atoms with Crippen LogP contribution in [0.5, 0.6) is 0 Å². The van der Waals surface area contributed by atoms with Crippen molar-refractivity contribution in [3.05, 3.63) is 106 Å². The minimum atomic E-state index is -3.70. The van der Waals surface area contributed by atoms with Gasteiger partial charge in [-0.15, -0.1) is 0 Å². The number of hydrogen-bond donors (Lipinski definition) is 0. The van der Waals surface area contributed by atoms with Crippen LogP contribution in [0.2, 0.25) is 5.02 Å². The predicted molar refractivity (Wildman–Crippen MR) is 179 cm³/mol. The zero-order valence-corrected chi connectivity index (χ0v) is 27.0. The summed E-state index contributed by atoms with van der Waals surface area (Å²) in [6.45, 7) is 5.10. The van der Waals surface area contributed by atoms with E-state index in [0.29, 0.717) is 44.2 Å². The maximum absolute atomic E-state index is 13.6. The maximum Gasteiger partial charge on any atom is 0.266 e. The molecule has 1 aliphatic heterocycles. The second-order valence-electron chi connectivity index (χ2n) is 10.0. The molecule has 0 spiro atoms. The van der Waals surface area contributed by atoms with E-state index in [0.717, 1.165) is 24.1 Å². The van der Waals surface area contributed by atoms with E-state index in [9.17, 15) is 13.2 Å². The summed E-state index contributed by atoms with van der Waals surface area (Å²) in [7, 11) is -3.70. The molecule has 0 radical (unpaired) electrons. The first-order valence-electron chi connectivity index (χ1n) is 14.0. The summed E-state index contributed by atoms with van der Waals surface area (Å²) in [4.78, 5) is 15.7. The van der Waals surface area contributed by atoms with Gasteiger partial charge in [-0.05, 0) is 54.8 Å². The number of sulfonamides is 1. The summed E-state index contributed by atoms with van der Waals surface area (Å²) in [6, 6.07) is 23.8. The second-order valence-corrected chi connectivity index (χ2v) is 14.0. The molecule has 1 aliphatic rings. The van der Waals surface area contributed by atoms with Crippen LogP contribution in [0.4, 0.5) is 0 Å². The fourth-order valence-electron chi connectivity index (χ4n) is 4.81. The van der Waals surface area contributed by atoms with E-state index in [1.165, 1.54) is 21.0 Å². The van der Waals surface area contributed by atoms with E-state index >= 15 is 0 Å². The predicted octanol–water partition coefficient (Wildman–Crippen LogP) is 7.40. The molecule has 7 nitrogen and oxygen atoms in total. The Morgan fingerprint density at radius 3 is 2.37 bits per heavy atom. The lowest BCUT2D eigenvalue weighted by Gasteiger charge is -2.21. The lowest BCUT2D eigenvalue weighted by Crippen LogP contribution is -2.32. The Balaban J connectivity index is 1.56. The summed E-state index contributed by atoms with van der Waals surface area (Å²) in [5, 5.41) is 5.42. The summed E-state index contributed by atoms with van der Waals surface area (Å²) < 4.78 is 30.9. The smallest absolute Gasteiger partial charge is 0.266 e. The molecule has 5 rings (SSSR count). The van der Waals surface area contributed by atoms with Gasteiger partial charge >= 0.3 is 0 Å². The van der Waals surface area contributed by atoms with Crippen molar-refractivity contribution in [2.75, 3.05) is 13.1 Å². The minimum Gasteiger partial charge on any atom is -0.288 e. The van der Waals surface area contributed by atoms with Crippen LogP contribution in [0.1, 0.15) is 37.8 Å². The van der Waals surface area contributed by atoms with E-state index in [1.54, 1.807) is 35.0 Å². The second kappa shape index (κ2) is 13.6. The lowest BCUT2D eigenvalue weighted by atomic mass is 10.1. The Morgan fingerprint density at radius 2 is 1.67 bits per heavy atom. The van der Waals surface area contributed by atoms with Gasteiger partial charge in [0.1, 0.15) is 10.0 Å². The Hall–Kier alpha value is -3.28. The molecule has 11 heteroatoms. The number of benzene rings is 3. The van der Waals surface area contributed by atoms with Crippen LogP contribution in [-0.4, -0.2) is 50.7 Å². The minimum absolute atomic E-state index is 0.207. The molecule has 0 N–H and O–H groups in total. The zero-order chi connectivity index (χ0) is 30.6. The maximum atomic E-state index is 13.6. The van der Waals surface area contributed by atoms with Crippen LogP contribution in [0.15, 0.2) is 94.9 Å². The third-order valence-electron chi connectivity index (χ3n) is 6.90. The number of carbonyl (C=O) groups excluding carboxylic acids is 1. The molecule has 1 aromatic heterocycles. The number of carbonyl (C=O) groups is 1. The first-order valence-corrected chi connectivity index (χ1v) is 17.0. The van der Waals surface area contributed by atoms with Crippen molar-refractivity contribution in [1.82, 2.24) is 19.0 Å². The van der Waals surface area contributed by atoms with Gasteiger partial charge in [0.2, 0.25) is 10.0 Å². The molecular formula is C32H31ClN4O3S3. The number of rotatable bonds is 11. The third-order valence-corrected chi connectivity index (χ3v) is 10.5. The number of hydrogen-bond acceptors (Lipinski definition) is 6. The number of amides is 1. The topological polar surface area (TPSA) is 75.5 Å². The van der Waals surface area contributed by atoms with Gasteiger partial charge in [0.15, 0.2) is 0 Å². The van der Waals surface area contributed by atoms with Gasteiger partial charge in [-0.1, -0.05) is 98.0 Å². The van der Waals surface area contributed by atoms with Gasteiger partial charge in [-0.25, -0.2) is 13.1 Å². The average Bonchev–Trinajstić information content (AvgIpc) is 3.55. The highest BCUT2D eigenvalue weighted by molar-refractivity contribution is 8.26. The molecule has 222 valence electrons. The van der Waals surface area contributed by atoms with Crippen LogP contribution in [-0.2, 0) is 21.4 Å². The van der Waals surface area contributed by atoms with Crippen LogP contribution in [0.25, 0.3) is 23.0 Å². The zero-order valence-electron chi connectivity index (χ0n) is 23.8. The number of thiocarbonyl (C=S) groups is 1. The van der Waals surface area contributed by atoms with Gasteiger partial charge in [-0.2, -0.15) is 9.40 Å². The van der Waals surface area contributed by atoms with E-state index in [2.05, 4.69) is 0 Å².